The van der Waals surface area contributed by atoms with E-state index in [2.05, 4.69) is 30.0 Å². The van der Waals surface area contributed by atoms with Gasteiger partial charge in [0.2, 0.25) is 0 Å². The molecule has 0 radical (unpaired) electrons. The van der Waals surface area contributed by atoms with Crippen molar-refractivity contribution in [2.75, 3.05) is 47.9 Å². The molecular formula is C14H22N2O2. The summed E-state index contributed by atoms with van der Waals surface area (Å²) in [4.78, 5) is 4.72. The van der Waals surface area contributed by atoms with Gasteiger partial charge in [0.25, 0.3) is 0 Å². The fraction of sp³-hybridized carbons (Fsp3) is 0.571. The van der Waals surface area contributed by atoms with Crippen molar-refractivity contribution in [1.82, 2.24) is 9.80 Å². The lowest BCUT2D eigenvalue weighted by Gasteiger charge is -2.38. The molecule has 1 aliphatic heterocycles. The van der Waals surface area contributed by atoms with Gasteiger partial charge in [0.05, 0.1) is 20.3 Å². The molecule has 0 saturated carbocycles. The number of likely N-dealkylation sites (N-methyl/N-ethyl adjacent to an activating group) is 2. The van der Waals surface area contributed by atoms with Gasteiger partial charge in [-0.15, -0.1) is 0 Å². The molecule has 1 unspecified atom stereocenters. The molecule has 100 valence electrons. The second-order valence-corrected chi connectivity index (χ2v) is 4.87. The Morgan fingerprint density at radius 1 is 1.11 bits per heavy atom. The van der Waals surface area contributed by atoms with Gasteiger partial charge in [-0.2, -0.15) is 0 Å². The summed E-state index contributed by atoms with van der Waals surface area (Å²) in [6, 6.07) is 6.36. The Balaban J connectivity index is 2.34. The summed E-state index contributed by atoms with van der Waals surface area (Å²) in [6.45, 7) is 3.20. The first kappa shape index (κ1) is 13.2. The van der Waals surface area contributed by atoms with Crippen LogP contribution in [0.25, 0.3) is 0 Å². The third-order valence-electron chi connectivity index (χ3n) is 3.65. The van der Waals surface area contributed by atoms with Gasteiger partial charge in [0.15, 0.2) is 0 Å². The van der Waals surface area contributed by atoms with Crippen LogP contribution in [0.5, 0.6) is 11.5 Å². The quantitative estimate of drug-likeness (QED) is 0.814. The van der Waals surface area contributed by atoms with E-state index in [1.54, 1.807) is 14.2 Å². The molecule has 1 aliphatic rings. The Hall–Kier alpha value is -1.26. The first-order valence-corrected chi connectivity index (χ1v) is 6.26. The summed E-state index contributed by atoms with van der Waals surface area (Å²) in [6.07, 6.45) is 0. The minimum atomic E-state index is 0.355. The molecule has 0 aromatic heterocycles. The molecule has 1 aromatic carbocycles. The zero-order valence-corrected chi connectivity index (χ0v) is 11.6. The fourth-order valence-electron chi connectivity index (χ4n) is 2.45. The third kappa shape index (κ3) is 2.60. The number of hydrogen-bond donors (Lipinski definition) is 0. The zero-order chi connectivity index (χ0) is 13.1. The maximum absolute atomic E-state index is 5.48. The van der Waals surface area contributed by atoms with E-state index in [0.29, 0.717) is 6.04 Å². The van der Waals surface area contributed by atoms with E-state index < -0.39 is 0 Å². The zero-order valence-electron chi connectivity index (χ0n) is 11.6. The van der Waals surface area contributed by atoms with Crippen molar-refractivity contribution in [1.29, 1.82) is 0 Å². The van der Waals surface area contributed by atoms with Crippen LogP contribution < -0.4 is 9.47 Å². The minimum absolute atomic E-state index is 0.355. The van der Waals surface area contributed by atoms with Gasteiger partial charge in [-0.05, 0) is 32.3 Å². The molecule has 4 heteroatoms. The molecule has 0 bridgehead atoms. The summed E-state index contributed by atoms with van der Waals surface area (Å²) in [5.41, 5.74) is 1.20. The van der Waals surface area contributed by atoms with Gasteiger partial charge in [-0.1, -0.05) is 0 Å². The molecule has 18 heavy (non-hydrogen) atoms. The lowest BCUT2D eigenvalue weighted by Crippen LogP contribution is -2.44. The third-order valence-corrected chi connectivity index (χ3v) is 3.65. The molecule has 2 rings (SSSR count). The molecule has 4 nitrogen and oxygen atoms in total. The topological polar surface area (TPSA) is 24.9 Å². The maximum atomic E-state index is 5.48. The number of methoxy groups -OCH3 is 2. The maximum Gasteiger partial charge on any atom is 0.123 e. The number of ether oxygens (including phenoxy) is 2. The van der Waals surface area contributed by atoms with Crippen molar-refractivity contribution in [3.8, 4) is 11.5 Å². The van der Waals surface area contributed by atoms with Crippen LogP contribution in [0.1, 0.15) is 11.6 Å². The van der Waals surface area contributed by atoms with Gasteiger partial charge >= 0.3 is 0 Å². The van der Waals surface area contributed by atoms with E-state index in [1.807, 2.05) is 12.1 Å². The Bertz CT molecular complexity index is 409. The standard InChI is InChI=1S/C14H22N2O2/c1-15-7-8-16(2)13(10-15)12-9-11(17-3)5-6-14(12)18-4/h5-6,9,13H,7-8,10H2,1-4H3. The molecular weight excluding hydrogens is 228 g/mol. The van der Waals surface area contributed by atoms with Crippen molar-refractivity contribution in [3.63, 3.8) is 0 Å². The average molecular weight is 250 g/mol. The summed E-state index contributed by atoms with van der Waals surface area (Å²) >= 11 is 0. The van der Waals surface area contributed by atoms with E-state index in [4.69, 9.17) is 9.47 Å². The Kier molecular flexibility index (Phi) is 4.09. The monoisotopic (exact) mass is 250 g/mol. The molecule has 0 amide bonds. The lowest BCUT2D eigenvalue weighted by atomic mass is 10.0. The van der Waals surface area contributed by atoms with Gasteiger partial charge in [-0.25, -0.2) is 0 Å². The normalized spacial score (nSPS) is 21.9. The number of nitrogens with zero attached hydrogens (tertiary/aromatic N) is 2. The highest BCUT2D eigenvalue weighted by Gasteiger charge is 2.26. The molecule has 1 saturated heterocycles. The number of rotatable bonds is 3. The predicted octanol–water partition coefficient (Wildman–Crippen LogP) is 1.62. The number of benzene rings is 1. The van der Waals surface area contributed by atoms with Crippen LogP contribution in [0.3, 0.4) is 0 Å². The highest BCUT2D eigenvalue weighted by atomic mass is 16.5. The van der Waals surface area contributed by atoms with Crippen LogP contribution in [-0.2, 0) is 0 Å². The van der Waals surface area contributed by atoms with E-state index in [9.17, 15) is 0 Å². The second-order valence-electron chi connectivity index (χ2n) is 4.87. The SMILES string of the molecule is COc1ccc(OC)c(C2CN(C)CCN2C)c1. The first-order chi connectivity index (χ1) is 8.65. The highest BCUT2D eigenvalue weighted by molar-refractivity contribution is 5.42. The van der Waals surface area contributed by atoms with Crippen molar-refractivity contribution in [2.45, 2.75) is 6.04 Å². The molecule has 0 aliphatic carbocycles. The summed E-state index contributed by atoms with van der Waals surface area (Å²) in [5, 5.41) is 0. The Morgan fingerprint density at radius 2 is 1.89 bits per heavy atom. The van der Waals surface area contributed by atoms with Crippen LogP contribution in [0.4, 0.5) is 0 Å². The average Bonchev–Trinajstić information content (AvgIpc) is 2.40. The summed E-state index contributed by atoms with van der Waals surface area (Å²) < 4.78 is 10.8. The summed E-state index contributed by atoms with van der Waals surface area (Å²) in [7, 11) is 7.74. The Labute approximate surface area is 109 Å². The molecule has 0 N–H and O–H groups in total. The molecule has 1 aromatic rings. The summed E-state index contributed by atoms with van der Waals surface area (Å²) in [5.74, 6) is 1.82. The largest absolute Gasteiger partial charge is 0.497 e. The fourth-order valence-corrected chi connectivity index (χ4v) is 2.45. The minimum Gasteiger partial charge on any atom is -0.497 e. The van der Waals surface area contributed by atoms with Crippen LogP contribution in [0, 0.1) is 0 Å². The van der Waals surface area contributed by atoms with Crippen molar-refractivity contribution in [2.24, 2.45) is 0 Å². The van der Waals surface area contributed by atoms with Crippen LogP contribution in [0.2, 0.25) is 0 Å². The van der Waals surface area contributed by atoms with E-state index in [0.717, 1.165) is 31.1 Å². The molecule has 1 fully saturated rings. The number of piperazine rings is 1. The van der Waals surface area contributed by atoms with Gasteiger partial charge < -0.3 is 14.4 Å². The number of hydrogen-bond acceptors (Lipinski definition) is 4. The molecule has 1 atom stereocenters. The second kappa shape index (κ2) is 5.59. The molecule has 1 heterocycles. The first-order valence-electron chi connectivity index (χ1n) is 6.26. The van der Waals surface area contributed by atoms with Crippen molar-refractivity contribution >= 4 is 0 Å². The van der Waals surface area contributed by atoms with Crippen LogP contribution >= 0.6 is 0 Å². The van der Waals surface area contributed by atoms with Crippen LogP contribution in [-0.4, -0.2) is 57.7 Å². The van der Waals surface area contributed by atoms with E-state index >= 15 is 0 Å². The van der Waals surface area contributed by atoms with Crippen LogP contribution in [0.15, 0.2) is 18.2 Å². The van der Waals surface area contributed by atoms with Gasteiger partial charge in [0, 0.05) is 25.2 Å². The molecule has 0 spiro atoms. The van der Waals surface area contributed by atoms with E-state index in [-0.39, 0.29) is 0 Å². The smallest absolute Gasteiger partial charge is 0.123 e. The highest BCUT2D eigenvalue weighted by Crippen LogP contribution is 2.33. The van der Waals surface area contributed by atoms with Gasteiger partial charge in [-0.3, -0.25) is 4.90 Å². The van der Waals surface area contributed by atoms with Crippen molar-refractivity contribution < 1.29 is 9.47 Å². The van der Waals surface area contributed by atoms with Crippen molar-refractivity contribution in [3.05, 3.63) is 23.8 Å². The predicted molar refractivity (Wildman–Crippen MR) is 72.4 cm³/mol. The lowest BCUT2D eigenvalue weighted by molar-refractivity contribution is 0.113. The Morgan fingerprint density at radius 3 is 2.56 bits per heavy atom. The van der Waals surface area contributed by atoms with Gasteiger partial charge in [0.1, 0.15) is 11.5 Å². The van der Waals surface area contributed by atoms with E-state index in [1.165, 1.54) is 5.56 Å².